The van der Waals surface area contributed by atoms with Crippen molar-refractivity contribution >= 4 is 45.9 Å². The quantitative estimate of drug-likeness (QED) is 0.0613. The van der Waals surface area contributed by atoms with Crippen LogP contribution in [0.25, 0.3) is 32.7 Å². The number of hydrogen-bond acceptors (Lipinski definition) is 9. The summed E-state index contributed by atoms with van der Waals surface area (Å²) in [5, 5.41) is 3.25. The third-order valence-corrected chi connectivity index (χ3v) is 22.6. The molecule has 7 aromatic carbocycles. The van der Waals surface area contributed by atoms with Gasteiger partial charge in [-0.25, -0.2) is 13.2 Å². The highest BCUT2D eigenvalue weighted by Crippen LogP contribution is 2.52. The number of rotatable bonds is 18. The summed E-state index contributed by atoms with van der Waals surface area (Å²) < 4.78 is 70.6. The van der Waals surface area contributed by atoms with Crippen LogP contribution >= 0.6 is 0 Å². The lowest BCUT2D eigenvalue weighted by Gasteiger charge is -2.42. The second kappa shape index (κ2) is 21.3. The van der Waals surface area contributed by atoms with Crippen molar-refractivity contribution in [2.45, 2.75) is 109 Å². The SMILES string of the molecule is COc1cc(OC)c2c(c1-c1ccc(OCc3ccccc3)c3c(OC)cc(CO[Si](C(C)C)(C(C)C)C(C)C)cc13)C[C@@H](COC(=O)c1cccc3ccccc13)N(S(=O)(=O)c1ccc(C)cc1)[C@@H]2C. The van der Waals surface area contributed by atoms with Crippen LogP contribution in [0.2, 0.25) is 16.6 Å². The van der Waals surface area contributed by atoms with E-state index < -0.39 is 36.4 Å². The normalized spacial score (nSPS) is 15.4. The zero-order valence-electron chi connectivity index (χ0n) is 42.9. The van der Waals surface area contributed by atoms with Gasteiger partial charge in [0.25, 0.3) is 0 Å². The van der Waals surface area contributed by atoms with E-state index in [0.29, 0.717) is 64.0 Å². The van der Waals surface area contributed by atoms with Crippen LogP contribution in [0.1, 0.15) is 92.7 Å². The molecule has 0 unspecified atom stereocenters. The first-order valence-electron chi connectivity index (χ1n) is 24.5. The first kappa shape index (κ1) is 51.2. The van der Waals surface area contributed by atoms with Crippen LogP contribution in [0, 0.1) is 6.92 Å². The number of carbonyl (C=O) groups is 1. The molecule has 10 nitrogen and oxygen atoms in total. The fourth-order valence-corrected chi connectivity index (χ4v) is 18.5. The van der Waals surface area contributed by atoms with Crippen molar-refractivity contribution in [3.8, 4) is 34.1 Å². The van der Waals surface area contributed by atoms with Gasteiger partial charge in [0.15, 0.2) is 0 Å². The lowest BCUT2D eigenvalue weighted by molar-refractivity contribution is 0.0389. The van der Waals surface area contributed by atoms with Gasteiger partial charge >= 0.3 is 5.97 Å². The summed E-state index contributed by atoms with van der Waals surface area (Å²) in [4.78, 5) is 14.3. The largest absolute Gasteiger partial charge is 0.496 e. The molecule has 0 saturated carbocycles. The van der Waals surface area contributed by atoms with Gasteiger partial charge in [-0.2, -0.15) is 4.31 Å². The molecule has 0 saturated heterocycles. The summed E-state index contributed by atoms with van der Waals surface area (Å²) in [6.07, 6.45) is 0.148. The average molecular weight is 994 g/mol. The van der Waals surface area contributed by atoms with Crippen molar-refractivity contribution in [3.63, 3.8) is 0 Å². The molecule has 1 aliphatic rings. The van der Waals surface area contributed by atoms with Crippen molar-refractivity contribution in [1.29, 1.82) is 0 Å². The average Bonchev–Trinajstić information content (AvgIpc) is 3.36. The first-order chi connectivity index (χ1) is 34.0. The van der Waals surface area contributed by atoms with Crippen LogP contribution in [0.15, 0.2) is 132 Å². The van der Waals surface area contributed by atoms with E-state index in [0.717, 1.165) is 54.9 Å². The molecule has 0 N–H and O–H groups in total. The third-order valence-electron chi connectivity index (χ3n) is 14.5. The van der Waals surface area contributed by atoms with E-state index in [1.807, 2.05) is 98.8 Å². The molecular weight excluding hydrogens is 927 g/mol. The van der Waals surface area contributed by atoms with Crippen LogP contribution in [0.3, 0.4) is 0 Å². The Morgan fingerprint density at radius 2 is 1.32 bits per heavy atom. The molecule has 2 atom stereocenters. The summed E-state index contributed by atoms with van der Waals surface area (Å²) in [6, 6.07) is 38.4. The van der Waals surface area contributed by atoms with E-state index >= 15 is 8.42 Å². The number of hydrogen-bond donors (Lipinski definition) is 0. The molecule has 0 aliphatic carbocycles. The first-order valence-corrected chi connectivity index (χ1v) is 28.1. The number of nitrogens with zero attached hydrogens (tertiary/aromatic N) is 1. The minimum atomic E-state index is -4.19. The van der Waals surface area contributed by atoms with Gasteiger partial charge < -0.3 is 28.1 Å². The molecule has 12 heteroatoms. The van der Waals surface area contributed by atoms with Crippen LogP contribution in [-0.2, 0) is 38.8 Å². The van der Waals surface area contributed by atoms with E-state index in [9.17, 15) is 4.79 Å². The Bertz CT molecular complexity index is 3130. The van der Waals surface area contributed by atoms with Crippen molar-refractivity contribution in [2.24, 2.45) is 0 Å². The fourth-order valence-electron chi connectivity index (χ4n) is 11.3. The Morgan fingerprint density at radius 1 is 0.676 bits per heavy atom. The maximum absolute atomic E-state index is 15.1. The number of esters is 1. The van der Waals surface area contributed by atoms with E-state index in [1.54, 1.807) is 51.7 Å². The third kappa shape index (κ3) is 9.79. The second-order valence-corrected chi connectivity index (χ2v) is 26.9. The molecular formula is C59H67NO9SSi. The maximum atomic E-state index is 15.1. The van der Waals surface area contributed by atoms with Crippen molar-refractivity contribution < 1.29 is 41.3 Å². The van der Waals surface area contributed by atoms with Crippen LogP contribution in [0.5, 0.6) is 23.0 Å². The standard InChI is InChI=1S/C59H67NO9SSi/c1-37(2)71(38(3)4,39(5)6)69-35-43-30-50-48(28-29-52(58(50)53(31-43)64-9)67-34-42-18-13-12-14-19-42)57-51-32-45(36-68-59(61)49-23-17-21-44-20-15-16-22-47(44)49)60(70(62,63)46-26-24-40(7)25-27-46)41(8)56(51)54(65-10)33-55(57)66-11/h12-31,33,37-39,41,45H,32,34-36H2,1-11H3/t41-,45+/m1/s1. The van der Waals surface area contributed by atoms with E-state index in [-0.39, 0.29) is 17.9 Å². The van der Waals surface area contributed by atoms with Gasteiger partial charge in [0, 0.05) is 17.2 Å². The van der Waals surface area contributed by atoms with Gasteiger partial charge in [0.2, 0.25) is 18.3 Å². The highest BCUT2D eigenvalue weighted by molar-refractivity contribution is 7.89. The monoisotopic (exact) mass is 993 g/mol. The molecule has 0 aromatic heterocycles. The van der Waals surface area contributed by atoms with Crippen LogP contribution in [-0.4, -0.2) is 61.0 Å². The molecule has 0 spiro atoms. The van der Waals surface area contributed by atoms with Gasteiger partial charge in [-0.3, -0.25) is 0 Å². The number of fused-ring (bicyclic) bond motifs is 3. The van der Waals surface area contributed by atoms with E-state index in [2.05, 4.69) is 53.7 Å². The topological polar surface area (TPSA) is 110 Å². The zero-order valence-corrected chi connectivity index (χ0v) is 44.7. The van der Waals surface area contributed by atoms with Crippen molar-refractivity contribution in [3.05, 3.63) is 161 Å². The van der Waals surface area contributed by atoms with Gasteiger partial charge in [-0.15, -0.1) is 0 Å². The number of sulfonamides is 1. The molecule has 8 rings (SSSR count). The van der Waals surface area contributed by atoms with Crippen LogP contribution in [0.4, 0.5) is 0 Å². The Kier molecular flexibility index (Phi) is 15.3. The van der Waals surface area contributed by atoms with Gasteiger partial charge in [-0.05, 0) is 118 Å². The number of carbonyl (C=O) groups excluding carboxylic acids is 1. The second-order valence-electron chi connectivity index (χ2n) is 19.6. The summed E-state index contributed by atoms with van der Waals surface area (Å²) >= 11 is 0. The number of benzene rings is 7. The Morgan fingerprint density at radius 3 is 1.99 bits per heavy atom. The minimum Gasteiger partial charge on any atom is -0.496 e. The predicted octanol–water partition coefficient (Wildman–Crippen LogP) is 13.8. The molecule has 7 aromatic rings. The molecule has 372 valence electrons. The van der Waals surface area contributed by atoms with Gasteiger partial charge in [0.1, 0.15) is 36.2 Å². The predicted molar refractivity (Wildman–Crippen MR) is 286 cm³/mol. The van der Waals surface area contributed by atoms with Crippen molar-refractivity contribution in [2.75, 3.05) is 27.9 Å². The number of aryl methyl sites for hydroxylation is 1. The maximum Gasteiger partial charge on any atom is 0.338 e. The van der Waals surface area contributed by atoms with E-state index in [1.165, 1.54) is 4.31 Å². The Balaban J connectivity index is 1.33. The lowest BCUT2D eigenvalue weighted by Crippen LogP contribution is -2.49. The fraction of sp³-hybridized carbons (Fsp3) is 0.339. The highest BCUT2D eigenvalue weighted by atomic mass is 32.2. The smallest absolute Gasteiger partial charge is 0.338 e. The summed E-state index contributed by atoms with van der Waals surface area (Å²) in [5.74, 6) is 1.71. The zero-order chi connectivity index (χ0) is 50.8. The van der Waals surface area contributed by atoms with Gasteiger partial charge in [0.05, 0.1) is 55.9 Å². The Hall–Kier alpha value is -6.18. The molecule has 0 amide bonds. The molecule has 71 heavy (non-hydrogen) atoms. The molecule has 1 aliphatic heterocycles. The molecule has 0 fully saturated rings. The minimum absolute atomic E-state index is 0.134. The molecule has 0 radical (unpaired) electrons. The van der Waals surface area contributed by atoms with Crippen molar-refractivity contribution in [1.82, 2.24) is 4.31 Å². The number of ether oxygens (including phenoxy) is 5. The Labute approximate surface area is 421 Å². The molecule has 0 bridgehead atoms. The van der Waals surface area contributed by atoms with Gasteiger partial charge in [-0.1, -0.05) is 126 Å². The number of methoxy groups -OCH3 is 3. The summed E-state index contributed by atoms with van der Waals surface area (Å²) in [7, 11) is -1.61. The summed E-state index contributed by atoms with van der Waals surface area (Å²) in [5.41, 5.74) is 7.48. The highest BCUT2D eigenvalue weighted by Gasteiger charge is 2.46. The molecule has 1 heterocycles. The van der Waals surface area contributed by atoms with E-state index in [4.69, 9.17) is 28.1 Å². The summed E-state index contributed by atoms with van der Waals surface area (Å²) in [6.45, 7) is 18.0. The van der Waals surface area contributed by atoms with Crippen LogP contribution < -0.4 is 18.9 Å². The lowest BCUT2D eigenvalue weighted by atomic mass is 9.82.